The highest BCUT2D eigenvalue weighted by atomic mass is 32.2. The minimum Gasteiger partial charge on any atom is -0.462 e. The lowest BCUT2D eigenvalue weighted by Gasteiger charge is -2.16. The largest absolute Gasteiger partial charge is 0.462 e. The third kappa shape index (κ3) is 4.16. The first-order chi connectivity index (χ1) is 14.6. The number of ether oxygens (including phenoxy) is 1. The lowest BCUT2D eigenvalue weighted by atomic mass is 9.89. The molecule has 1 heterocycles. The van der Waals surface area contributed by atoms with Crippen LogP contribution in [0.25, 0.3) is 10.4 Å². The van der Waals surface area contributed by atoms with Crippen LogP contribution in [0.3, 0.4) is 0 Å². The number of benzene rings is 2. The highest BCUT2D eigenvalue weighted by molar-refractivity contribution is 8.00. The van der Waals surface area contributed by atoms with Gasteiger partial charge in [0.1, 0.15) is 5.00 Å². The second-order valence-corrected chi connectivity index (χ2v) is 9.49. The molecule has 154 valence electrons. The van der Waals surface area contributed by atoms with E-state index < -0.39 is 0 Å². The summed E-state index contributed by atoms with van der Waals surface area (Å²) in [5, 5.41) is 3.30. The minimum atomic E-state index is -0.368. The molecule has 1 atom stereocenters. The number of carbonyl (C=O) groups is 2. The Morgan fingerprint density at radius 1 is 1.10 bits per heavy atom. The summed E-state index contributed by atoms with van der Waals surface area (Å²) in [6, 6.07) is 18.1. The Morgan fingerprint density at radius 3 is 2.60 bits per heavy atom. The second kappa shape index (κ2) is 9.06. The van der Waals surface area contributed by atoms with Crippen molar-refractivity contribution in [1.82, 2.24) is 0 Å². The van der Waals surface area contributed by atoms with Crippen LogP contribution in [0.1, 0.15) is 35.3 Å². The van der Waals surface area contributed by atoms with E-state index in [2.05, 4.69) is 17.4 Å². The maximum Gasteiger partial charge on any atom is 0.341 e. The highest BCUT2D eigenvalue weighted by Gasteiger charge is 2.30. The molecule has 6 heteroatoms. The number of hydrogen-bond acceptors (Lipinski definition) is 5. The number of anilines is 1. The summed E-state index contributed by atoms with van der Waals surface area (Å²) in [5.74, 6) is -0.491. The van der Waals surface area contributed by atoms with Crippen molar-refractivity contribution in [3.63, 3.8) is 0 Å². The third-order valence-corrected chi connectivity index (χ3v) is 7.35. The van der Waals surface area contributed by atoms with Crippen molar-refractivity contribution in [2.24, 2.45) is 0 Å². The lowest BCUT2D eigenvalue weighted by Crippen LogP contribution is -2.23. The topological polar surface area (TPSA) is 55.4 Å². The smallest absolute Gasteiger partial charge is 0.341 e. The van der Waals surface area contributed by atoms with Crippen molar-refractivity contribution in [1.29, 1.82) is 0 Å². The van der Waals surface area contributed by atoms with Gasteiger partial charge in [0.25, 0.3) is 0 Å². The summed E-state index contributed by atoms with van der Waals surface area (Å²) >= 11 is 2.96. The quantitative estimate of drug-likeness (QED) is 0.391. The minimum absolute atomic E-state index is 0.124. The van der Waals surface area contributed by atoms with Crippen molar-refractivity contribution in [2.75, 3.05) is 11.9 Å². The molecule has 1 aliphatic rings. The van der Waals surface area contributed by atoms with E-state index in [0.717, 1.165) is 33.7 Å². The van der Waals surface area contributed by atoms with Gasteiger partial charge >= 0.3 is 5.97 Å². The number of rotatable bonds is 6. The predicted molar refractivity (Wildman–Crippen MR) is 124 cm³/mol. The number of fused-ring (bicyclic) bond motifs is 3. The molecule has 2 aromatic carbocycles. The molecule has 4 rings (SSSR count). The van der Waals surface area contributed by atoms with E-state index in [1.54, 1.807) is 6.92 Å². The van der Waals surface area contributed by atoms with Gasteiger partial charge < -0.3 is 10.1 Å². The zero-order valence-corrected chi connectivity index (χ0v) is 18.6. The van der Waals surface area contributed by atoms with E-state index in [4.69, 9.17) is 4.74 Å². The zero-order valence-electron chi connectivity index (χ0n) is 16.9. The third-order valence-electron chi connectivity index (χ3n) is 5.05. The first kappa shape index (κ1) is 20.7. The SMILES string of the molecule is CCOC(=O)c1c(NC(=O)C(C)Sc2ccccc2)sc2c1CCc1ccccc1-2. The molecule has 0 saturated heterocycles. The first-order valence-electron chi connectivity index (χ1n) is 10.0. The molecule has 1 unspecified atom stereocenters. The van der Waals surface area contributed by atoms with E-state index in [0.29, 0.717) is 17.2 Å². The summed E-state index contributed by atoms with van der Waals surface area (Å²) in [7, 11) is 0. The molecule has 0 bridgehead atoms. The van der Waals surface area contributed by atoms with Gasteiger partial charge in [0, 0.05) is 9.77 Å². The van der Waals surface area contributed by atoms with Crippen LogP contribution in [0, 0.1) is 0 Å². The van der Waals surface area contributed by atoms with Gasteiger partial charge in [0.15, 0.2) is 0 Å². The highest BCUT2D eigenvalue weighted by Crippen LogP contribution is 2.45. The van der Waals surface area contributed by atoms with Crippen LogP contribution in [-0.4, -0.2) is 23.7 Å². The number of amides is 1. The fourth-order valence-electron chi connectivity index (χ4n) is 3.62. The van der Waals surface area contributed by atoms with Crippen LogP contribution in [0.2, 0.25) is 0 Å². The van der Waals surface area contributed by atoms with Crippen LogP contribution in [0.15, 0.2) is 59.5 Å². The molecule has 0 fully saturated rings. The van der Waals surface area contributed by atoms with Crippen LogP contribution in [0.4, 0.5) is 5.00 Å². The Bertz CT molecular complexity index is 1080. The summed E-state index contributed by atoms with van der Waals surface area (Å²) in [6.45, 7) is 3.97. The van der Waals surface area contributed by atoms with Gasteiger partial charge in [0.05, 0.1) is 17.4 Å². The molecule has 0 radical (unpaired) electrons. The average Bonchev–Trinajstić information content (AvgIpc) is 3.13. The lowest BCUT2D eigenvalue weighted by molar-refractivity contribution is -0.115. The molecule has 1 aliphatic carbocycles. The maximum absolute atomic E-state index is 12.9. The van der Waals surface area contributed by atoms with Gasteiger partial charge in [-0.3, -0.25) is 4.79 Å². The molecular weight excluding hydrogens is 414 g/mol. The average molecular weight is 438 g/mol. The van der Waals surface area contributed by atoms with Crippen molar-refractivity contribution < 1.29 is 14.3 Å². The van der Waals surface area contributed by atoms with Crippen molar-refractivity contribution >= 4 is 40.0 Å². The summed E-state index contributed by atoms with van der Waals surface area (Å²) in [4.78, 5) is 27.8. The van der Waals surface area contributed by atoms with Crippen molar-refractivity contribution in [2.45, 2.75) is 36.8 Å². The van der Waals surface area contributed by atoms with Crippen molar-refractivity contribution in [3.8, 4) is 10.4 Å². The number of aryl methyl sites for hydroxylation is 1. The fourth-order valence-corrected chi connectivity index (χ4v) is 5.81. The number of carbonyl (C=O) groups excluding carboxylic acids is 2. The number of thioether (sulfide) groups is 1. The van der Waals surface area contributed by atoms with E-state index in [-0.39, 0.29) is 17.1 Å². The summed E-state index contributed by atoms with van der Waals surface area (Å²) in [5.41, 5.74) is 3.90. The molecule has 3 aromatic rings. The molecule has 0 spiro atoms. The molecular formula is C24H23NO3S2. The van der Waals surface area contributed by atoms with E-state index >= 15 is 0 Å². The Morgan fingerprint density at radius 2 is 1.83 bits per heavy atom. The molecule has 1 aromatic heterocycles. The van der Waals surface area contributed by atoms with Gasteiger partial charge in [-0.15, -0.1) is 23.1 Å². The van der Waals surface area contributed by atoms with Gasteiger partial charge in [-0.25, -0.2) is 4.79 Å². The monoisotopic (exact) mass is 437 g/mol. The Hall–Kier alpha value is -2.57. The first-order valence-corrected chi connectivity index (χ1v) is 11.7. The van der Waals surface area contributed by atoms with E-state index in [1.807, 2.05) is 49.4 Å². The van der Waals surface area contributed by atoms with Gasteiger partial charge in [-0.1, -0.05) is 42.5 Å². The standard InChI is InChI=1S/C24H23NO3S2/c1-3-28-24(27)20-19-14-13-16-9-7-8-12-18(16)21(19)30-23(20)25-22(26)15(2)29-17-10-5-4-6-11-17/h4-12,15H,3,13-14H2,1-2H3,(H,25,26). The van der Waals surface area contributed by atoms with Crippen LogP contribution in [0.5, 0.6) is 0 Å². The van der Waals surface area contributed by atoms with Gasteiger partial charge in [-0.2, -0.15) is 0 Å². The molecule has 0 aliphatic heterocycles. The predicted octanol–water partition coefficient (Wildman–Crippen LogP) is 5.81. The zero-order chi connectivity index (χ0) is 21.1. The van der Waals surface area contributed by atoms with Crippen LogP contribution < -0.4 is 5.32 Å². The maximum atomic E-state index is 12.9. The van der Waals surface area contributed by atoms with Crippen LogP contribution in [-0.2, 0) is 22.4 Å². The number of esters is 1. The molecule has 30 heavy (non-hydrogen) atoms. The van der Waals surface area contributed by atoms with E-state index in [9.17, 15) is 9.59 Å². The molecule has 0 saturated carbocycles. The number of thiophene rings is 1. The molecule has 4 nitrogen and oxygen atoms in total. The fraction of sp³-hybridized carbons (Fsp3) is 0.250. The summed E-state index contributed by atoms with van der Waals surface area (Å²) < 4.78 is 5.33. The molecule has 1 N–H and O–H groups in total. The van der Waals surface area contributed by atoms with E-state index in [1.165, 1.54) is 28.7 Å². The Kier molecular flexibility index (Phi) is 6.25. The Labute approximate surface area is 184 Å². The summed E-state index contributed by atoms with van der Waals surface area (Å²) in [6.07, 6.45) is 1.64. The number of nitrogens with one attached hydrogen (secondary N) is 1. The number of hydrogen-bond donors (Lipinski definition) is 1. The van der Waals surface area contributed by atoms with Crippen molar-refractivity contribution in [3.05, 3.63) is 71.3 Å². The van der Waals surface area contributed by atoms with Gasteiger partial charge in [-0.05, 0) is 55.5 Å². The molecule has 1 amide bonds. The van der Waals surface area contributed by atoms with Gasteiger partial charge in [0.2, 0.25) is 5.91 Å². The second-order valence-electron chi connectivity index (χ2n) is 7.05. The normalized spacial score (nSPS) is 13.1. The Balaban J connectivity index is 1.65. The van der Waals surface area contributed by atoms with Crippen LogP contribution >= 0.6 is 23.1 Å².